The summed E-state index contributed by atoms with van der Waals surface area (Å²) in [4.78, 5) is 29.8. The van der Waals surface area contributed by atoms with Crippen molar-refractivity contribution in [2.24, 2.45) is 5.92 Å². The van der Waals surface area contributed by atoms with E-state index in [1.165, 1.54) is 24.1 Å². The molecule has 3 aromatic rings. The van der Waals surface area contributed by atoms with E-state index in [-0.39, 0.29) is 24.7 Å². The van der Waals surface area contributed by atoms with Crippen LogP contribution in [0.4, 0.5) is 10.1 Å². The summed E-state index contributed by atoms with van der Waals surface area (Å²) in [5.74, 6) is -1.08. The van der Waals surface area contributed by atoms with Crippen LogP contribution in [0.2, 0.25) is 0 Å². The van der Waals surface area contributed by atoms with Crippen LogP contribution < -0.4 is 4.90 Å². The Bertz CT molecular complexity index is 1010. The second kappa shape index (κ2) is 6.25. The molecule has 4 rings (SSSR count). The van der Waals surface area contributed by atoms with Crippen molar-refractivity contribution in [1.29, 1.82) is 0 Å². The molecule has 0 spiro atoms. The third-order valence-electron chi connectivity index (χ3n) is 4.41. The Kier molecular flexibility index (Phi) is 3.91. The highest BCUT2D eigenvalue weighted by atomic mass is 19.1. The molecule has 0 radical (unpaired) electrons. The second-order valence-corrected chi connectivity index (χ2v) is 6.11. The van der Waals surface area contributed by atoms with Crippen molar-refractivity contribution in [2.75, 3.05) is 18.6 Å². The van der Waals surface area contributed by atoms with Crippen molar-refractivity contribution in [1.82, 2.24) is 4.98 Å². The lowest BCUT2D eigenvalue weighted by Crippen LogP contribution is -2.26. The molecule has 0 N–H and O–H groups in total. The number of aromatic nitrogens is 1. The summed E-state index contributed by atoms with van der Waals surface area (Å²) in [6.45, 7) is 0.269. The van der Waals surface area contributed by atoms with Gasteiger partial charge in [0.1, 0.15) is 11.3 Å². The number of methoxy groups -OCH3 is 1. The maximum Gasteiger partial charge on any atom is 0.311 e. The normalized spacial score (nSPS) is 17.1. The number of esters is 1. The quantitative estimate of drug-likeness (QED) is 0.676. The maximum atomic E-state index is 13.4. The number of carbonyl (C=O) groups excluding carboxylic acids is 2. The minimum Gasteiger partial charge on any atom is -0.469 e. The molecule has 2 heterocycles. The van der Waals surface area contributed by atoms with Gasteiger partial charge in [-0.25, -0.2) is 9.37 Å². The number of fused-ring (bicyclic) bond motifs is 1. The topological polar surface area (TPSA) is 72.6 Å². The highest BCUT2D eigenvalue weighted by molar-refractivity contribution is 6.00. The molecule has 1 aliphatic rings. The average molecular weight is 354 g/mol. The molecule has 1 atom stereocenters. The first-order valence-corrected chi connectivity index (χ1v) is 8.10. The lowest BCUT2D eigenvalue weighted by Gasteiger charge is -2.16. The van der Waals surface area contributed by atoms with Gasteiger partial charge in [-0.2, -0.15) is 0 Å². The molecule has 0 saturated carbocycles. The van der Waals surface area contributed by atoms with Gasteiger partial charge < -0.3 is 14.1 Å². The van der Waals surface area contributed by atoms with E-state index < -0.39 is 11.9 Å². The summed E-state index contributed by atoms with van der Waals surface area (Å²) in [6.07, 6.45) is 0.123. The van der Waals surface area contributed by atoms with Gasteiger partial charge in [-0.05, 0) is 36.4 Å². The Hall–Kier alpha value is -3.22. The predicted octanol–water partition coefficient (Wildman–Crippen LogP) is 3.16. The van der Waals surface area contributed by atoms with Crippen LogP contribution in [0.3, 0.4) is 0 Å². The smallest absolute Gasteiger partial charge is 0.311 e. The monoisotopic (exact) mass is 354 g/mol. The zero-order valence-corrected chi connectivity index (χ0v) is 13.9. The zero-order chi connectivity index (χ0) is 18.3. The van der Waals surface area contributed by atoms with Gasteiger partial charge in [0.15, 0.2) is 5.58 Å². The Balaban J connectivity index is 1.66. The molecule has 1 saturated heterocycles. The van der Waals surface area contributed by atoms with Gasteiger partial charge in [-0.1, -0.05) is 6.07 Å². The number of halogens is 1. The Labute approximate surface area is 148 Å². The number of hydrogen-bond donors (Lipinski definition) is 0. The number of carbonyl (C=O) groups is 2. The fourth-order valence-electron chi connectivity index (χ4n) is 3.11. The molecule has 2 aromatic carbocycles. The highest BCUT2D eigenvalue weighted by Crippen LogP contribution is 2.31. The van der Waals surface area contributed by atoms with Crippen molar-refractivity contribution in [2.45, 2.75) is 6.42 Å². The highest BCUT2D eigenvalue weighted by Gasteiger charge is 2.36. The first-order chi connectivity index (χ1) is 12.5. The Morgan fingerprint density at radius 3 is 2.92 bits per heavy atom. The van der Waals surface area contributed by atoms with Crippen LogP contribution in [-0.4, -0.2) is 30.5 Å². The molecule has 0 bridgehead atoms. The summed E-state index contributed by atoms with van der Waals surface area (Å²) in [5, 5.41) is 0. The van der Waals surface area contributed by atoms with E-state index >= 15 is 0 Å². The first-order valence-electron chi connectivity index (χ1n) is 8.10. The van der Waals surface area contributed by atoms with E-state index in [0.29, 0.717) is 28.2 Å². The van der Waals surface area contributed by atoms with Crippen LogP contribution in [0.25, 0.3) is 22.6 Å². The molecule has 132 valence electrons. The fourth-order valence-corrected chi connectivity index (χ4v) is 3.11. The van der Waals surface area contributed by atoms with Crippen LogP contribution in [0, 0.1) is 11.7 Å². The van der Waals surface area contributed by atoms with Crippen molar-refractivity contribution >= 4 is 28.7 Å². The van der Waals surface area contributed by atoms with Gasteiger partial charge in [0.25, 0.3) is 0 Å². The van der Waals surface area contributed by atoms with Crippen molar-refractivity contribution in [3.8, 4) is 11.5 Å². The second-order valence-electron chi connectivity index (χ2n) is 6.11. The number of benzene rings is 2. The number of ether oxygens (including phenoxy) is 1. The van der Waals surface area contributed by atoms with E-state index in [2.05, 4.69) is 4.98 Å². The third kappa shape index (κ3) is 2.81. The largest absolute Gasteiger partial charge is 0.469 e. The number of oxazole rings is 1. The number of nitrogens with zero attached hydrogens (tertiary/aromatic N) is 2. The van der Waals surface area contributed by atoms with Gasteiger partial charge in [-0.15, -0.1) is 0 Å². The standard InChI is InChI=1S/C19H15FN2O4/c1-25-19(24)12-8-17(23)22(10-12)14-5-6-16-15(9-14)21-18(26-16)11-3-2-4-13(20)7-11/h2-7,9,12H,8,10H2,1H3/t12-/m0/s1. The van der Waals surface area contributed by atoms with Crippen LogP contribution in [0.1, 0.15) is 6.42 Å². The summed E-state index contributed by atoms with van der Waals surface area (Å²) >= 11 is 0. The van der Waals surface area contributed by atoms with Crippen molar-refractivity contribution in [3.63, 3.8) is 0 Å². The molecule has 1 aliphatic heterocycles. The third-order valence-corrected chi connectivity index (χ3v) is 4.41. The summed E-state index contributed by atoms with van der Waals surface area (Å²) < 4.78 is 23.8. The van der Waals surface area contributed by atoms with Gasteiger partial charge in [0, 0.05) is 24.2 Å². The van der Waals surface area contributed by atoms with E-state index in [4.69, 9.17) is 9.15 Å². The van der Waals surface area contributed by atoms with E-state index in [1.54, 1.807) is 30.3 Å². The molecular formula is C19H15FN2O4. The van der Waals surface area contributed by atoms with E-state index in [9.17, 15) is 14.0 Å². The van der Waals surface area contributed by atoms with E-state index in [0.717, 1.165) is 0 Å². The van der Waals surface area contributed by atoms with Gasteiger partial charge >= 0.3 is 5.97 Å². The van der Waals surface area contributed by atoms with Crippen LogP contribution >= 0.6 is 0 Å². The van der Waals surface area contributed by atoms with E-state index in [1.807, 2.05) is 0 Å². The van der Waals surface area contributed by atoms with Gasteiger partial charge in [0.2, 0.25) is 11.8 Å². The minimum absolute atomic E-state index is 0.123. The maximum absolute atomic E-state index is 13.4. The van der Waals surface area contributed by atoms with Gasteiger partial charge in [0.05, 0.1) is 13.0 Å². The Morgan fingerprint density at radius 2 is 2.15 bits per heavy atom. The first kappa shape index (κ1) is 16.3. The molecule has 1 fully saturated rings. The lowest BCUT2D eigenvalue weighted by molar-refractivity contribution is -0.145. The zero-order valence-electron chi connectivity index (χ0n) is 13.9. The average Bonchev–Trinajstić information content (AvgIpc) is 3.24. The number of rotatable bonds is 3. The summed E-state index contributed by atoms with van der Waals surface area (Å²) in [6, 6.07) is 11.1. The summed E-state index contributed by atoms with van der Waals surface area (Å²) in [7, 11) is 1.31. The number of anilines is 1. The SMILES string of the molecule is COC(=O)[C@H]1CC(=O)N(c2ccc3oc(-c4cccc(F)c4)nc3c2)C1. The Morgan fingerprint density at radius 1 is 1.31 bits per heavy atom. The van der Waals surface area contributed by atoms with Crippen molar-refractivity contribution < 1.29 is 23.1 Å². The van der Waals surface area contributed by atoms with Crippen LogP contribution in [0.5, 0.6) is 0 Å². The lowest BCUT2D eigenvalue weighted by atomic mass is 10.1. The predicted molar refractivity (Wildman–Crippen MR) is 91.9 cm³/mol. The van der Waals surface area contributed by atoms with Crippen LogP contribution in [-0.2, 0) is 14.3 Å². The van der Waals surface area contributed by atoms with Crippen LogP contribution in [0.15, 0.2) is 46.9 Å². The number of amides is 1. The molecule has 1 aromatic heterocycles. The number of hydrogen-bond acceptors (Lipinski definition) is 5. The molecule has 0 aliphatic carbocycles. The molecule has 0 unspecified atom stereocenters. The van der Waals surface area contributed by atoms with Gasteiger partial charge in [-0.3, -0.25) is 9.59 Å². The molecule has 6 nitrogen and oxygen atoms in total. The molecule has 1 amide bonds. The molecular weight excluding hydrogens is 339 g/mol. The molecule has 7 heteroatoms. The summed E-state index contributed by atoms with van der Waals surface area (Å²) in [5.41, 5.74) is 2.25. The molecule has 26 heavy (non-hydrogen) atoms. The minimum atomic E-state index is -0.469. The van der Waals surface area contributed by atoms with Crippen molar-refractivity contribution in [3.05, 3.63) is 48.3 Å². The fraction of sp³-hybridized carbons (Fsp3) is 0.211.